The van der Waals surface area contributed by atoms with Crippen molar-refractivity contribution in [1.29, 1.82) is 0 Å². The van der Waals surface area contributed by atoms with E-state index in [1.807, 2.05) is 23.1 Å². The number of hydrogen-bond acceptors (Lipinski definition) is 9. The smallest absolute Gasteiger partial charge is 0.228 e. The molecule has 9 nitrogen and oxygen atoms in total. The van der Waals surface area contributed by atoms with E-state index in [-0.39, 0.29) is 6.10 Å². The quantitative estimate of drug-likeness (QED) is 0.595. The highest BCUT2D eigenvalue weighted by atomic mass is 32.2. The molecule has 1 atom stereocenters. The van der Waals surface area contributed by atoms with Gasteiger partial charge in [0.05, 0.1) is 6.10 Å². The molecule has 2 aromatic heterocycles. The van der Waals surface area contributed by atoms with Crippen LogP contribution in [0.15, 0.2) is 36.7 Å². The van der Waals surface area contributed by atoms with Crippen molar-refractivity contribution >= 4 is 39.4 Å². The van der Waals surface area contributed by atoms with Crippen LogP contribution >= 0.6 is 0 Å². The van der Waals surface area contributed by atoms with Crippen LogP contribution < -0.4 is 15.1 Å². The van der Waals surface area contributed by atoms with E-state index in [1.165, 1.54) is 6.33 Å². The number of piperidine rings is 1. The molecular weight excluding hydrogens is 426 g/mol. The number of β-amino-alcohol motifs (C(OH)–C–C–N with tert-alkyl or cyclic N) is 1. The molecule has 0 aliphatic carbocycles. The lowest BCUT2D eigenvalue weighted by Gasteiger charge is -2.32. The highest BCUT2D eigenvalue weighted by molar-refractivity contribution is 7.85. The maximum Gasteiger partial charge on any atom is 0.228 e. The first-order chi connectivity index (χ1) is 15.7. The standard InChI is InChI=1S/C22H27N7O2S/c30-17-7-4-8-29(14-17)22-26-18-19(21(27-22)28-9-11-32(31)12-10-28)24-15-25-20(18)23-13-16-5-2-1-3-6-16/h1-3,5-6,15,17,30H,4,7-14H2,(H,23,24,25). The number of fused-ring (bicyclic) bond motifs is 1. The van der Waals surface area contributed by atoms with Crippen LogP contribution in [0.5, 0.6) is 0 Å². The van der Waals surface area contributed by atoms with E-state index in [0.29, 0.717) is 60.5 Å². The molecular formula is C22H27N7O2S. The molecule has 5 rings (SSSR count). The number of rotatable bonds is 5. The van der Waals surface area contributed by atoms with Crippen LogP contribution in [-0.4, -0.2) is 73.0 Å². The Morgan fingerprint density at radius 2 is 1.84 bits per heavy atom. The summed E-state index contributed by atoms with van der Waals surface area (Å²) in [5.41, 5.74) is 2.49. The predicted molar refractivity (Wildman–Crippen MR) is 126 cm³/mol. The summed E-state index contributed by atoms with van der Waals surface area (Å²) >= 11 is 0. The average molecular weight is 454 g/mol. The zero-order chi connectivity index (χ0) is 21.9. The van der Waals surface area contributed by atoms with Crippen LogP contribution in [-0.2, 0) is 17.3 Å². The van der Waals surface area contributed by atoms with Gasteiger partial charge in [-0.2, -0.15) is 4.98 Å². The first-order valence-electron chi connectivity index (χ1n) is 11.0. The van der Waals surface area contributed by atoms with Gasteiger partial charge in [0.2, 0.25) is 5.95 Å². The third-order valence-electron chi connectivity index (χ3n) is 5.91. The molecule has 4 heterocycles. The molecule has 1 unspecified atom stereocenters. The minimum Gasteiger partial charge on any atom is -0.391 e. The normalized spacial score (nSPS) is 20.0. The van der Waals surface area contributed by atoms with Crippen LogP contribution in [0, 0.1) is 0 Å². The molecule has 0 bridgehead atoms. The van der Waals surface area contributed by atoms with Crippen molar-refractivity contribution in [3.05, 3.63) is 42.2 Å². The Morgan fingerprint density at radius 1 is 1.03 bits per heavy atom. The Bertz CT molecular complexity index is 1100. The number of nitrogens with one attached hydrogen (secondary N) is 1. The first kappa shape index (κ1) is 21.0. The Morgan fingerprint density at radius 3 is 2.62 bits per heavy atom. The monoisotopic (exact) mass is 453 g/mol. The van der Waals surface area contributed by atoms with Crippen LogP contribution in [0.3, 0.4) is 0 Å². The second-order valence-electron chi connectivity index (χ2n) is 8.18. The third kappa shape index (κ3) is 4.51. The van der Waals surface area contributed by atoms with E-state index in [4.69, 9.17) is 9.97 Å². The van der Waals surface area contributed by atoms with Gasteiger partial charge in [0, 0.05) is 55.0 Å². The average Bonchev–Trinajstić information content (AvgIpc) is 2.83. The zero-order valence-electron chi connectivity index (χ0n) is 17.9. The van der Waals surface area contributed by atoms with Crippen molar-refractivity contribution in [1.82, 2.24) is 19.9 Å². The molecule has 168 valence electrons. The molecule has 10 heteroatoms. The molecule has 2 saturated heterocycles. The zero-order valence-corrected chi connectivity index (χ0v) is 18.7. The van der Waals surface area contributed by atoms with Crippen molar-refractivity contribution in [3.63, 3.8) is 0 Å². The lowest BCUT2D eigenvalue weighted by atomic mass is 10.1. The molecule has 2 aliphatic heterocycles. The summed E-state index contributed by atoms with van der Waals surface area (Å²) in [6.45, 7) is 3.25. The number of anilines is 3. The summed E-state index contributed by atoms with van der Waals surface area (Å²) in [5, 5.41) is 13.6. The van der Waals surface area contributed by atoms with Gasteiger partial charge in [-0.3, -0.25) is 4.21 Å². The fourth-order valence-electron chi connectivity index (χ4n) is 4.18. The van der Waals surface area contributed by atoms with Crippen LogP contribution in [0.2, 0.25) is 0 Å². The second kappa shape index (κ2) is 9.33. The number of aliphatic hydroxyl groups is 1. The highest BCUT2D eigenvalue weighted by Crippen LogP contribution is 2.30. The number of hydrogen-bond donors (Lipinski definition) is 2. The van der Waals surface area contributed by atoms with E-state index in [1.54, 1.807) is 0 Å². The van der Waals surface area contributed by atoms with Gasteiger partial charge in [-0.25, -0.2) is 15.0 Å². The minimum atomic E-state index is -0.785. The number of aromatic nitrogens is 4. The summed E-state index contributed by atoms with van der Waals surface area (Å²) in [5.74, 6) is 3.21. The molecule has 0 amide bonds. The second-order valence-corrected chi connectivity index (χ2v) is 9.88. The lowest BCUT2D eigenvalue weighted by Crippen LogP contribution is -2.41. The maximum atomic E-state index is 11.9. The lowest BCUT2D eigenvalue weighted by molar-refractivity contribution is 0.153. The topological polar surface area (TPSA) is 107 Å². The van der Waals surface area contributed by atoms with Crippen molar-refractivity contribution < 1.29 is 9.32 Å². The van der Waals surface area contributed by atoms with Crippen molar-refractivity contribution in [3.8, 4) is 0 Å². The predicted octanol–water partition coefficient (Wildman–Crippen LogP) is 1.56. The molecule has 0 spiro atoms. The van der Waals surface area contributed by atoms with E-state index in [9.17, 15) is 9.32 Å². The van der Waals surface area contributed by atoms with Gasteiger partial charge in [-0.05, 0) is 18.4 Å². The van der Waals surface area contributed by atoms with Gasteiger partial charge in [-0.1, -0.05) is 30.3 Å². The number of benzene rings is 1. The number of nitrogens with zero attached hydrogens (tertiary/aromatic N) is 6. The van der Waals surface area contributed by atoms with Crippen LogP contribution in [0.1, 0.15) is 18.4 Å². The molecule has 0 saturated carbocycles. The van der Waals surface area contributed by atoms with E-state index < -0.39 is 10.8 Å². The van der Waals surface area contributed by atoms with E-state index in [2.05, 4.69) is 32.3 Å². The molecule has 32 heavy (non-hydrogen) atoms. The van der Waals surface area contributed by atoms with Gasteiger partial charge >= 0.3 is 0 Å². The summed E-state index contributed by atoms with van der Waals surface area (Å²) in [6.07, 6.45) is 2.84. The van der Waals surface area contributed by atoms with Gasteiger partial charge in [0.15, 0.2) is 11.6 Å². The van der Waals surface area contributed by atoms with Crippen LogP contribution in [0.25, 0.3) is 11.0 Å². The third-order valence-corrected chi connectivity index (χ3v) is 7.19. The fourth-order valence-corrected chi connectivity index (χ4v) is 5.23. The Kier molecular flexibility index (Phi) is 6.13. The van der Waals surface area contributed by atoms with E-state index in [0.717, 1.165) is 30.8 Å². The Balaban J connectivity index is 1.55. The molecule has 0 radical (unpaired) electrons. The number of aliphatic hydroxyl groups excluding tert-OH is 1. The first-order valence-corrected chi connectivity index (χ1v) is 12.5. The largest absolute Gasteiger partial charge is 0.391 e. The van der Waals surface area contributed by atoms with Crippen molar-refractivity contribution in [2.75, 3.05) is 52.8 Å². The van der Waals surface area contributed by atoms with Crippen LogP contribution in [0.4, 0.5) is 17.6 Å². The van der Waals surface area contributed by atoms with Crippen molar-refractivity contribution in [2.24, 2.45) is 0 Å². The summed E-state index contributed by atoms with van der Waals surface area (Å²) in [6, 6.07) is 10.1. The minimum absolute atomic E-state index is 0.383. The van der Waals surface area contributed by atoms with Gasteiger partial charge in [-0.15, -0.1) is 0 Å². The summed E-state index contributed by atoms with van der Waals surface area (Å²) in [7, 11) is -0.785. The van der Waals surface area contributed by atoms with Gasteiger partial charge in [0.25, 0.3) is 0 Å². The molecule has 3 aromatic rings. The Hall–Kier alpha value is -2.85. The summed E-state index contributed by atoms with van der Waals surface area (Å²) < 4.78 is 11.9. The van der Waals surface area contributed by atoms with Crippen molar-refractivity contribution in [2.45, 2.75) is 25.5 Å². The highest BCUT2D eigenvalue weighted by Gasteiger charge is 2.26. The SMILES string of the molecule is O=S1CCN(c2nc(N3CCCC(O)C3)nc3c(NCc4ccccc4)ncnc23)CC1. The Labute approximate surface area is 189 Å². The summed E-state index contributed by atoms with van der Waals surface area (Å²) in [4.78, 5) is 22.9. The molecule has 1 aromatic carbocycles. The molecule has 2 aliphatic rings. The fraction of sp³-hybridized carbons (Fsp3) is 0.455. The van der Waals surface area contributed by atoms with E-state index >= 15 is 0 Å². The molecule has 2 fully saturated rings. The van der Waals surface area contributed by atoms with Gasteiger partial charge < -0.3 is 20.2 Å². The maximum absolute atomic E-state index is 11.9. The van der Waals surface area contributed by atoms with Gasteiger partial charge in [0.1, 0.15) is 17.4 Å². The molecule has 2 N–H and O–H groups in total.